The van der Waals surface area contributed by atoms with Crippen molar-refractivity contribution in [3.63, 3.8) is 0 Å². The fraction of sp³-hybridized carbons (Fsp3) is 0.300. The average molecular weight is 392 g/mol. The number of hydrogen-bond donors (Lipinski definition) is 1. The van der Waals surface area contributed by atoms with Gasteiger partial charge in [0.1, 0.15) is 11.4 Å². The highest BCUT2D eigenvalue weighted by Crippen LogP contribution is 2.43. The second-order valence-corrected chi connectivity index (χ2v) is 6.97. The smallest absolute Gasteiger partial charge is 0.416 e. The maximum absolute atomic E-state index is 13.3. The summed E-state index contributed by atoms with van der Waals surface area (Å²) < 4.78 is 47.1. The predicted molar refractivity (Wildman–Crippen MR) is 97.9 cm³/mol. The van der Waals surface area contributed by atoms with Crippen molar-refractivity contribution in [2.24, 2.45) is 0 Å². The summed E-state index contributed by atoms with van der Waals surface area (Å²) in [6.07, 6.45) is -3.07. The van der Waals surface area contributed by atoms with Crippen molar-refractivity contribution in [2.75, 3.05) is 6.54 Å². The summed E-state index contributed by atoms with van der Waals surface area (Å²) in [5.74, 6) is -0.0757. The summed E-state index contributed by atoms with van der Waals surface area (Å²) in [5.41, 5.74) is -1.31. The number of carbonyl (C=O) groups excluding carboxylic acids is 1. The van der Waals surface area contributed by atoms with Crippen LogP contribution in [-0.4, -0.2) is 22.6 Å². The van der Waals surface area contributed by atoms with E-state index in [1.807, 2.05) is 0 Å². The Morgan fingerprint density at radius 3 is 2.54 bits per heavy atom. The fourth-order valence-corrected chi connectivity index (χ4v) is 3.16. The minimum atomic E-state index is -4.55. The van der Waals surface area contributed by atoms with E-state index in [1.54, 1.807) is 26.0 Å². The Hall–Kier alpha value is -3.03. The molecule has 28 heavy (non-hydrogen) atoms. The molecule has 8 heteroatoms. The first-order chi connectivity index (χ1) is 13.0. The molecule has 0 atom stereocenters. The van der Waals surface area contributed by atoms with Crippen LogP contribution >= 0.6 is 0 Å². The van der Waals surface area contributed by atoms with E-state index < -0.39 is 22.9 Å². The lowest BCUT2D eigenvalue weighted by atomic mass is 9.88. The second-order valence-electron chi connectivity index (χ2n) is 6.97. The first-order valence-electron chi connectivity index (χ1n) is 8.57. The van der Waals surface area contributed by atoms with Gasteiger partial charge in [-0.3, -0.25) is 14.2 Å². The molecule has 0 saturated heterocycles. The molecule has 1 aromatic heterocycles. The lowest BCUT2D eigenvalue weighted by molar-refractivity contribution is -0.137. The molecule has 1 N–H and O–H groups in total. The first-order valence-corrected chi connectivity index (χ1v) is 8.57. The van der Waals surface area contributed by atoms with E-state index in [1.165, 1.54) is 29.8 Å². The quantitative estimate of drug-likeness (QED) is 0.871. The zero-order valence-corrected chi connectivity index (χ0v) is 15.6. The molecule has 1 amide bonds. The van der Waals surface area contributed by atoms with Crippen molar-refractivity contribution < 1.29 is 22.7 Å². The topological polar surface area (TPSA) is 60.3 Å². The molecule has 3 rings (SSSR count). The highest BCUT2D eigenvalue weighted by Gasteiger charge is 2.38. The van der Waals surface area contributed by atoms with E-state index in [-0.39, 0.29) is 29.5 Å². The van der Waals surface area contributed by atoms with Gasteiger partial charge >= 0.3 is 6.18 Å². The molecule has 1 aliphatic rings. The number of aromatic nitrogens is 1. The normalized spacial score (nSPS) is 15.6. The van der Waals surface area contributed by atoms with Crippen LogP contribution in [-0.2, 0) is 11.0 Å². The molecule has 148 valence electrons. The number of benzene rings is 1. The van der Waals surface area contributed by atoms with Gasteiger partial charge in [-0.05, 0) is 38.1 Å². The molecule has 0 spiro atoms. The van der Waals surface area contributed by atoms with Gasteiger partial charge in [0.2, 0.25) is 5.91 Å². The van der Waals surface area contributed by atoms with E-state index >= 15 is 0 Å². The molecule has 0 radical (unpaired) electrons. The van der Waals surface area contributed by atoms with Crippen molar-refractivity contribution in [1.29, 1.82) is 0 Å². The Morgan fingerprint density at radius 2 is 1.93 bits per heavy atom. The summed E-state index contributed by atoms with van der Waals surface area (Å²) in [5, 5.41) is 2.65. The van der Waals surface area contributed by atoms with Gasteiger partial charge in [0.15, 0.2) is 0 Å². The lowest BCUT2D eigenvalue weighted by Crippen LogP contribution is -2.42. The number of carbonyl (C=O) groups is 1. The molecular weight excluding hydrogens is 373 g/mol. The standard InChI is InChI=1S/C20H19F3N2O3/c1-12(26)24-11-15-18(25-9-5-4-6-17(25)27)14-10-13(20(21,22)23)7-8-16(14)28-19(15,2)3/h4-10H,11H2,1-3H3,(H,24,26). The predicted octanol–water partition coefficient (Wildman–Crippen LogP) is 3.43. The molecule has 1 aromatic carbocycles. The summed E-state index contributed by atoms with van der Waals surface area (Å²) in [4.78, 5) is 23.9. The molecule has 2 heterocycles. The van der Waals surface area contributed by atoms with Crippen molar-refractivity contribution in [1.82, 2.24) is 9.88 Å². The second kappa shape index (κ2) is 6.85. The van der Waals surface area contributed by atoms with Gasteiger partial charge in [-0.15, -0.1) is 0 Å². The lowest BCUT2D eigenvalue weighted by Gasteiger charge is -2.37. The number of fused-ring (bicyclic) bond motifs is 1. The number of rotatable bonds is 3. The van der Waals surface area contributed by atoms with Crippen LogP contribution in [0.25, 0.3) is 5.70 Å². The Kier molecular flexibility index (Phi) is 4.82. The number of halogens is 3. The third kappa shape index (κ3) is 3.67. The van der Waals surface area contributed by atoms with Crippen LogP contribution in [0.5, 0.6) is 5.75 Å². The van der Waals surface area contributed by atoms with Crippen molar-refractivity contribution in [2.45, 2.75) is 32.5 Å². The van der Waals surface area contributed by atoms with Crippen LogP contribution < -0.4 is 15.6 Å². The number of hydrogen-bond acceptors (Lipinski definition) is 3. The minimum absolute atomic E-state index is 0.0225. The highest BCUT2D eigenvalue weighted by molar-refractivity contribution is 5.79. The number of amides is 1. The molecule has 0 bridgehead atoms. The molecule has 0 fully saturated rings. The van der Waals surface area contributed by atoms with Crippen molar-refractivity contribution >= 4 is 11.6 Å². The number of pyridine rings is 1. The summed E-state index contributed by atoms with van der Waals surface area (Å²) >= 11 is 0. The maximum Gasteiger partial charge on any atom is 0.416 e. The summed E-state index contributed by atoms with van der Waals surface area (Å²) in [6, 6.07) is 7.64. The van der Waals surface area contributed by atoms with E-state index in [4.69, 9.17) is 4.74 Å². The van der Waals surface area contributed by atoms with Crippen LogP contribution in [0.2, 0.25) is 0 Å². The third-order valence-electron chi connectivity index (χ3n) is 4.52. The van der Waals surface area contributed by atoms with Crippen LogP contribution in [0.15, 0.2) is 53.0 Å². The maximum atomic E-state index is 13.3. The molecule has 0 aliphatic carbocycles. The highest BCUT2D eigenvalue weighted by atomic mass is 19.4. The zero-order chi connectivity index (χ0) is 20.7. The molecule has 2 aromatic rings. The van der Waals surface area contributed by atoms with Gasteiger partial charge in [0, 0.05) is 36.9 Å². The largest absolute Gasteiger partial charge is 0.483 e. The van der Waals surface area contributed by atoms with Gasteiger partial charge in [0.05, 0.1) is 11.3 Å². The minimum Gasteiger partial charge on any atom is -0.483 e. The number of alkyl halides is 3. The van der Waals surface area contributed by atoms with Crippen LogP contribution in [0.3, 0.4) is 0 Å². The molecule has 1 aliphatic heterocycles. The van der Waals surface area contributed by atoms with Crippen LogP contribution in [0.4, 0.5) is 13.2 Å². The summed E-state index contributed by atoms with van der Waals surface area (Å²) in [7, 11) is 0. The Balaban J connectivity index is 2.34. The first kappa shape index (κ1) is 19.7. The zero-order valence-electron chi connectivity index (χ0n) is 15.6. The van der Waals surface area contributed by atoms with Crippen molar-refractivity contribution in [3.8, 4) is 5.75 Å². The number of nitrogens with zero attached hydrogens (tertiary/aromatic N) is 1. The molecule has 0 saturated carbocycles. The molecular formula is C20H19F3N2O3. The Bertz CT molecular complexity index is 1020. The van der Waals surface area contributed by atoms with Crippen molar-refractivity contribution in [3.05, 3.63) is 69.6 Å². The Morgan fingerprint density at radius 1 is 1.21 bits per heavy atom. The monoisotopic (exact) mass is 392 g/mol. The molecule has 0 unspecified atom stereocenters. The molecule has 5 nitrogen and oxygen atoms in total. The van der Waals surface area contributed by atoms with Crippen LogP contribution in [0, 0.1) is 0 Å². The average Bonchev–Trinajstić information content (AvgIpc) is 2.58. The van der Waals surface area contributed by atoms with Gasteiger partial charge < -0.3 is 10.1 Å². The van der Waals surface area contributed by atoms with E-state index in [2.05, 4.69) is 5.32 Å². The SMILES string of the molecule is CC(=O)NCC1=C(n2ccccc2=O)c2cc(C(F)(F)F)ccc2OC1(C)C. The van der Waals surface area contributed by atoms with Gasteiger partial charge in [-0.2, -0.15) is 13.2 Å². The fourth-order valence-electron chi connectivity index (χ4n) is 3.16. The van der Waals surface area contributed by atoms with Gasteiger partial charge in [-0.1, -0.05) is 6.07 Å². The third-order valence-corrected chi connectivity index (χ3v) is 4.52. The van der Waals surface area contributed by atoms with E-state index in [0.29, 0.717) is 5.57 Å². The van der Waals surface area contributed by atoms with Crippen LogP contribution in [0.1, 0.15) is 31.9 Å². The van der Waals surface area contributed by atoms with E-state index in [9.17, 15) is 22.8 Å². The Labute approximate surface area is 159 Å². The number of ether oxygens (including phenoxy) is 1. The van der Waals surface area contributed by atoms with Gasteiger partial charge in [-0.25, -0.2) is 0 Å². The summed E-state index contributed by atoms with van der Waals surface area (Å²) in [6.45, 7) is 4.83. The number of nitrogens with one attached hydrogen (secondary N) is 1. The van der Waals surface area contributed by atoms with E-state index in [0.717, 1.165) is 12.1 Å². The van der Waals surface area contributed by atoms with Gasteiger partial charge in [0.25, 0.3) is 5.56 Å².